The van der Waals surface area contributed by atoms with Crippen molar-refractivity contribution in [1.82, 2.24) is 4.98 Å². The molecule has 2 rings (SSSR count). The monoisotopic (exact) mass is 371 g/mol. The van der Waals surface area contributed by atoms with Gasteiger partial charge in [0.15, 0.2) is 6.10 Å². The molecule has 2 aromatic rings. The molecule has 134 valence electrons. The lowest BCUT2D eigenvalue weighted by atomic mass is 9.94. The van der Waals surface area contributed by atoms with Crippen molar-refractivity contribution in [3.05, 3.63) is 64.4 Å². The summed E-state index contributed by atoms with van der Waals surface area (Å²) in [6, 6.07) is 6.38. The number of hydrogen-bond donors (Lipinski definition) is 0. The molecule has 0 radical (unpaired) electrons. The Morgan fingerprint density at radius 1 is 1.12 bits per heavy atom. The number of hydrogen-bond acceptors (Lipinski definition) is 3. The van der Waals surface area contributed by atoms with Gasteiger partial charge in [-0.25, -0.2) is 0 Å². The highest BCUT2D eigenvalue weighted by Gasteiger charge is 2.38. The molecule has 3 nitrogen and oxygen atoms in total. The van der Waals surface area contributed by atoms with Gasteiger partial charge in [-0.05, 0) is 32.9 Å². The van der Waals surface area contributed by atoms with Crippen LogP contribution in [0, 0.1) is 5.41 Å². The number of ether oxygens (including phenoxy) is 1. The molecule has 0 saturated carbocycles. The zero-order chi connectivity index (χ0) is 18.8. The summed E-state index contributed by atoms with van der Waals surface area (Å²) in [6.45, 7) is 4.85. The Balaban J connectivity index is 2.61. The molecule has 0 spiro atoms. The Morgan fingerprint density at radius 3 is 2.32 bits per heavy atom. The lowest BCUT2D eigenvalue weighted by Crippen LogP contribution is -2.26. The average Bonchev–Trinajstić information content (AvgIpc) is 2.51. The maximum Gasteiger partial charge on any atom is 0.416 e. The number of benzene rings is 1. The van der Waals surface area contributed by atoms with E-state index in [1.807, 2.05) is 0 Å². The smallest absolute Gasteiger partial charge is 0.416 e. The molecule has 0 amide bonds. The minimum Gasteiger partial charge on any atom is -0.452 e. The molecular formula is C18H17ClF3NO2. The van der Waals surface area contributed by atoms with E-state index in [1.54, 1.807) is 20.8 Å². The zero-order valence-electron chi connectivity index (χ0n) is 13.9. The molecule has 1 unspecified atom stereocenters. The molecule has 0 aliphatic rings. The first-order chi connectivity index (χ1) is 11.5. The van der Waals surface area contributed by atoms with Crippen molar-refractivity contribution in [2.24, 2.45) is 5.41 Å². The topological polar surface area (TPSA) is 39.2 Å². The van der Waals surface area contributed by atoms with Crippen molar-refractivity contribution in [2.75, 3.05) is 0 Å². The Hall–Kier alpha value is -2.08. The van der Waals surface area contributed by atoms with Crippen molar-refractivity contribution in [3.63, 3.8) is 0 Å². The molecule has 1 heterocycles. The largest absolute Gasteiger partial charge is 0.452 e. The molecule has 0 N–H and O–H groups in total. The molecule has 1 aromatic heterocycles. The van der Waals surface area contributed by atoms with Gasteiger partial charge in [-0.15, -0.1) is 0 Å². The number of alkyl halides is 3. The molecule has 0 saturated heterocycles. The summed E-state index contributed by atoms with van der Waals surface area (Å²) < 4.78 is 45.7. The predicted molar refractivity (Wildman–Crippen MR) is 88.1 cm³/mol. The Bertz CT molecular complexity index is 769. The second-order valence-electron chi connectivity index (χ2n) is 6.52. The summed E-state index contributed by atoms with van der Waals surface area (Å²) in [5, 5.41) is 0.165. The molecule has 0 bridgehead atoms. The van der Waals surface area contributed by atoms with E-state index in [1.165, 1.54) is 36.7 Å². The summed E-state index contributed by atoms with van der Waals surface area (Å²) in [7, 11) is 0. The molecule has 25 heavy (non-hydrogen) atoms. The van der Waals surface area contributed by atoms with E-state index in [9.17, 15) is 18.0 Å². The van der Waals surface area contributed by atoms with Crippen LogP contribution in [0.25, 0.3) is 0 Å². The van der Waals surface area contributed by atoms with Crippen molar-refractivity contribution < 1.29 is 22.7 Å². The van der Waals surface area contributed by atoms with Crippen molar-refractivity contribution in [2.45, 2.75) is 33.1 Å². The summed E-state index contributed by atoms with van der Waals surface area (Å²) in [5.74, 6) is -0.644. The van der Waals surface area contributed by atoms with Gasteiger partial charge in [0, 0.05) is 23.5 Å². The summed E-state index contributed by atoms with van der Waals surface area (Å²) in [6.07, 6.45) is -3.21. The number of carbonyl (C=O) groups is 1. The van der Waals surface area contributed by atoms with Gasteiger partial charge >= 0.3 is 12.1 Å². The summed E-state index contributed by atoms with van der Waals surface area (Å²) >= 11 is 6.12. The summed E-state index contributed by atoms with van der Waals surface area (Å²) in [4.78, 5) is 16.2. The predicted octanol–water partition coefficient (Wildman–Crippen LogP) is 5.43. The fourth-order valence-corrected chi connectivity index (χ4v) is 2.35. The Kier molecular flexibility index (Phi) is 5.42. The van der Waals surface area contributed by atoms with Crippen LogP contribution in [0.3, 0.4) is 0 Å². The zero-order valence-corrected chi connectivity index (χ0v) is 14.7. The van der Waals surface area contributed by atoms with Gasteiger partial charge in [-0.2, -0.15) is 13.2 Å². The third-order valence-electron chi connectivity index (χ3n) is 3.46. The van der Waals surface area contributed by atoms with Gasteiger partial charge in [0.05, 0.1) is 16.0 Å². The summed E-state index contributed by atoms with van der Waals surface area (Å²) in [5.41, 5.74) is -1.78. The number of carbonyl (C=O) groups excluding carboxylic acids is 1. The van der Waals surface area contributed by atoms with Crippen LogP contribution in [0.15, 0.2) is 42.7 Å². The van der Waals surface area contributed by atoms with Crippen LogP contribution in [0.2, 0.25) is 5.02 Å². The fourth-order valence-electron chi connectivity index (χ4n) is 2.14. The maximum atomic E-state index is 13.4. The lowest BCUT2D eigenvalue weighted by molar-refractivity contribution is -0.158. The number of halogens is 4. The van der Waals surface area contributed by atoms with E-state index in [-0.39, 0.29) is 16.1 Å². The fraction of sp³-hybridized carbons (Fsp3) is 0.333. The van der Waals surface area contributed by atoms with Crippen molar-refractivity contribution >= 4 is 17.6 Å². The third-order valence-corrected chi connectivity index (χ3v) is 3.81. The van der Waals surface area contributed by atoms with E-state index in [4.69, 9.17) is 16.3 Å². The quantitative estimate of drug-likeness (QED) is 0.675. The minimum absolute atomic E-state index is 0.165. The van der Waals surface area contributed by atoms with Gasteiger partial charge in [0.1, 0.15) is 0 Å². The lowest BCUT2D eigenvalue weighted by Gasteiger charge is -2.26. The van der Waals surface area contributed by atoms with E-state index < -0.39 is 29.2 Å². The maximum absolute atomic E-state index is 13.4. The van der Waals surface area contributed by atoms with Gasteiger partial charge in [0.2, 0.25) is 0 Å². The van der Waals surface area contributed by atoms with E-state index >= 15 is 0 Å². The Morgan fingerprint density at radius 2 is 1.76 bits per heavy atom. The normalized spacial score (nSPS) is 13.4. The molecule has 0 aliphatic carbocycles. The van der Waals surface area contributed by atoms with Crippen LogP contribution in [0.5, 0.6) is 0 Å². The van der Waals surface area contributed by atoms with Crippen LogP contribution < -0.4 is 0 Å². The Labute approximate surface area is 148 Å². The molecule has 1 atom stereocenters. The molecular weight excluding hydrogens is 355 g/mol. The highest BCUT2D eigenvalue weighted by Crippen LogP contribution is 2.40. The number of esters is 1. The van der Waals surface area contributed by atoms with Crippen LogP contribution in [0.4, 0.5) is 13.2 Å². The standard InChI is InChI=1S/C18H17ClF3NO2/c1-17(2,3)16(24)25-15(12-10-23-9-8-14(12)19)11-6-4-5-7-13(11)18(20,21)22/h4-10,15H,1-3H3. The first-order valence-corrected chi connectivity index (χ1v) is 7.86. The number of pyridine rings is 1. The van der Waals surface area contributed by atoms with E-state index in [0.717, 1.165) is 6.07 Å². The van der Waals surface area contributed by atoms with Crippen molar-refractivity contribution in [3.8, 4) is 0 Å². The van der Waals surface area contributed by atoms with Gasteiger partial charge in [-0.1, -0.05) is 29.8 Å². The van der Waals surface area contributed by atoms with Crippen molar-refractivity contribution in [1.29, 1.82) is 0 Å². The number of aromatic nitrogens is 1. The van der Waals surface area contributed by atoms with Gasteiger partial charge < -0.3 is 4.74 Å². The van der Waals surface area contributed by atoms with Crippen LogP contribution in [0.1, 0.15) is 43.6 Å². The third kappa shape index (κ3) is 4.51. The second kappa shape index (κ2) is 7.04. The molecule has 1 aromatic carbocycles. The van der Waals surface area contributed by atoms with Crippen LogP contribution in [-0.4, -0.2) is 11.0 Å². The second-order valence-corrected chi connectivity index (χ2v) is 6.92. The molecule has 7 heteroatoms. The highest BCUT2D eigenvalue weighted by atomic mass is 35.5. The number of rotatable bonds is 3. The van der Waals surface area contributed by atoms with Crippen LogP contribution in [-0.2, 0) is 15.7 Å². The van der Waals surface area contributed by atoms with E-state index in [0.29, 0.717) is 0 Å². The number of nitrogens with zero attached hydrogens (tertiary/aromatic N) is 1. The van der Waals surface area contributed by atoms with Gasteiger partial charge in [-0.3, -0.25) is 9.78 Å². The highest BCUT2D eigenvalue weighted by molar-refractivity contribution is 6.31. The van der Waals surface area contributed by atoms with Crippen LogP contribution >= 0.6 is 11.6 Å². The first kappa shape index (κ1) is 19.2. The van der Waals surface area contributed by atoms with Gasteiger partial charge in [0.25, 0.3) is 0 Å². The average molecular weight is 372 g/mol. The SMILES string of the molecule is CC(C)(C)C(=O)OC(c1cnccc1Cl)c1ccccc1C(F)(F)F. The minimum atomic E-state index is -4.60. The molecule has 0 fully saturated rings. The first-order valence-electron chi connectivity index (χ1n) is 7.48. The van der Waals surface area contributed by atoms with E-state index in [2.05, 4.69) is 4.98 Å². The molecule has 0 aliphatic heterocycles.